The zero-order chi connectivity index (χ0) is 20.6. The predicted molar refractivity (Wildman–Crippen MR) is 109 cm³/mol. The molecule has 0 unspecified atom stereocenters. The maximum atomic E-state index is 12.8. The van der Waals surface area contributed by atoms with Crippen LogP contribution in [0.3, 0.4) is 0 Å². The number of fused-ring (bicyclic) bond motifs is 1. The normalized spacial score (nSPS) is 12.0. The summed E-state index contributed by atoms with van der Waals surface area (Å²) in [6, 6.07) is 12.1. The van der Waals surface area contributed by atoms with Gasteiger partial charge in [-0.3, -0.25) is 14.2 Å². The summed E-state index contributed by atoms with van der Waals surface area (Å²) in [7, 11) is -0.775. The smallest absolute Gasteiger partial charge is 0.302 e. The zero-order valence-electron chi connectivity index (χ0n) is 16.3. The quantitative estimate of drug-likeness (QED) is 0.611. The van der Waals surface area contributed by atoms with Crippen LogP contribution in [0.2, 0.25) is 0 Å². The largest absolute Gasteiger partial charge is 0.317 e. The molecule has 28 heavy (non-hydrogen) atoms. The van der Waals surface area contributed by atoms with Crippen molar-refractivity contribution in [3.05, 3.63) is 74.3 Å². The van der Waals surface area contributed by atoms with Crippen LogP contribution in [-0.2, 0) is 23.1 Å². The Bertz CT molecular complexity index is 1270. The third-order valence-corrected chi connectivity index (χ3v) is 6.53. The molecule has 0 aliphatic heterocycles. The number of rotatable bonds is 5. The summed E-state index contributed by atoms with van der Waals surface area (Å²) >= 11 is 0. The fraction of sp³-hybridized carbons (Fsp3) is 0.300. The summed E-state index contributed by atoms with van der Waals surface area (Å²) in [6.45, 7) is 4.22. The van der Waals surface area contributed by atoms with Gasteiger partial charge in [-0.1, -0.05) is 29.8 Å². The van der Waals surface area contributed by atoms with Crippen LogP contribution in [-0.4, -0.2) is 36.0 Å². The minimum atomic E-state index is -3.68. The Kier molecular flexibility index (Phi) is 5.27. The van der Waals surface area contributed by atoms with E-state index in [0.29, 0.717) is 17.6 Å². The number of benzene rings is 2. The lowest BCUT2D eigenvalue weighted by Gasteiger charge is -2.17. The Labute approximate surface area is 163 Å². The number of sulfonamides is 1. The summed E-state index contributed by atoms with van der Waals surface area (Å²) < 4.78 is 29.0. The number of hydrogen-bond acceptors (Lipinski definition) is 4. The van der Waals surface area contributed by atoms with E-state index in [1.165, 1.54) is 35.4 Å². The lowest BCUT2D eigenvalue weighted by molar-refractivity contribution is 0.521. The van der Waals surface area contributed by atoms with Gasteiger partial charge < -0.3 is 4.57 Å². The minimum Gasteiger partial charge on any atom is -0.302 e. The van der Waals surface area contributed by atoms with Crippen molar-refractivity contribution in [2.75, 3.05) is 14.1 Å². The van der Waals surface area contributed by atoms with Crippen molar-refractivity contribution >= 4 is 21.1 Å². The van der Waals surface area contributed by atoms with Gasteiger partial charge >= 0.3 is 11.1 Å². The molecule has 0 atom stereocenters. The highest BCUT2D eigenvalue weighted by atomic mass is 32.2. The number of aryl methyl sites for hydroxylation is 2. The topological polar surface area (TPSA) is 81.4 Å². The van der Waals surface area contributed by atoms with Crippen molar-refractivity contribution in [1.29, 1.82) is 0 Å². The average molecular weight is 401 g/mol. The van der Waals surface area contributed by atoms with Crippen LogP contribution >= 0.6 is 0 Å². The van der Waals surface area contributed by atoms with Gasteiger partial charge in [0.05, 0.1) is 22.5 Å². The van der Waals surface area contributed by atoms with E-state index >= 15 is 0 Å². The van der Waals surface area contributed by atoms with Gasteiger partial charge in [-0.05, 0) is 37.6 Å². The Morgan fingerprint density at radius 1 is 0.929 bits per heavy atom. The molecule has 3 rings (SSSR count). The molecular weight excluding hydrogens is 378 g/mol. The van der Waals surface area contributed by atoms with Gasteiger partial charge in [0.15, 0.2) is 0 Å². The first-order valence-electron chi connectivity index (χ1n) is 8.92. The zero-order valence-corrected chi connectivity index (χ0v) is 17.2. The summed E-state index contributed by atoms with van der Waals surface area (Å²) in [5.41, 5.74) is 1.54. The number of hydrogen-bond donors (Lipinski definition) is 0. The van der Waals surface area contributed by atoms with E-state index in [4.69, 9.17) is 0 Å². The molecule has 0 radical (unpaired) electrons. The van der Waals surface area contributed by atoms with Crippen molar-refractivity contribution in [3.63, 3.8) is 0 Å². The van der Waals surface area contributed by atoms with Gasteiger partial charge in [-0.2, -0.15) is 0 Å². The lowest BCUT2D eigenvalue weighted by Crippen LogP contribution is -2.41. The van der Waals surface area contributed by atoms with Gasteiger partial charge in [-0.15, -0.1) is 0 Å². The Morgan fingerprint density at radius 2 is 1.61 bits per heavy atom. The van der Waals surface area contributed by atoms with Crippen LogP contribution in [0.5, 0.6) is 0 Å². The highest BCUT2D eigenvalue weighted by molar-refractivity contribution is 7.89. The highest BCUT2D eigenvalue weighted by Crippen LogP contribution is 2.20. The average Bonchev–Trinajstić information content (AvgIpc) is 2.65. The van der Waals surface area contributed by atoms with Gasteiger partial charge in [0, 0.05) is 20.6 Å². The molecule has 0 aliphatic carbocycles. The SMILES string of the molecule is CCn1c(=O)c(=O)n(Cc2cccc(C)c2)c2cc(S(=O)(=O)N(C)C)ccc21. The van der Waals surface area contributed by atoms with E-state index in [1.54, 1.807) is 13.0 Å². The van der Waals surface area contributed by atoms with E-state index in [0.717, 1.165) is 15.4 Å². The van der Waals surface area contributed by atoms with Crippen molar-refractivity contribution in [2.24, 2.45) is 0 Å². The van der Waals surface area contributed by atoms with Crippen LogP contribution in [0.25, 0.3) is 11.0 Å². The fourth-order valence-electron chi connectivity index (χ4n) is 3.23. The molecule has 0 fully saturated rings. The maximum absolute atomic E-state index is 12.8. The molecule has 3 aromatic rings. The molecule has 148 valence electrons. The molecule has 7 nitrogen and oxygen atoms in total. The highest BCUT2D eigenvalue weighted by Gasteiger charge is 2.20. The van der Waals surface area contributed by atoms with Crippen LogP contribution < -0.4 is 11.1 Å². The fourth-order valence-corrected chi connectivity index (χ4v) is 4.15. The Morgan fingerprint density at radius 3 is 2.21 bits per heavy atom. The van der Waals surface area contributed by atoms with Crippen molar-refractivity contribution in [1.82, 2.24) is 13.4 Å². The second-order valence-electron chi connectivity index (χ2n) is 6.87. The van der Waals surface area contributed by atoms with E-state index in [1.807, 2.05) is 31.2 Å². The first-order valence-corrected chi connectivity index (χ1v) is 10.4. The van der Waals surface area contributed by atoms with E-state index in [-0.39, 0.29) is 11.4 Å². The molecule has 8 heteroatoms. The molecule has 0 spiro atoms. The predicted octanol–water partition coefficient (Wildman–Crippen LogP) is 1.79. The first-order chi connectivity index (χ1) is 13.2. The maximum Gasteiger partial charge on any atom is 0.317 e. The van der Waals surface area contributed by atoms with Crippen LogP contribution in [0, 0.1) is 6.92 Å². The molecule has 2 aromatic carbocycles. The van der Waals surface area contributed by atoms with E-state index in [2.05, 4.69) is 0 Å². The van der Waals surface area contributed by atoms with Crippen LogP contribution in [0.4, 0.5) is 0 Å². The van der Waals surface area contributed by atoms with Gasteiger partial charge in [-0.25, -0.2) is 12.7 Å². The van der Waals surface area contributed by atoms with Gasteiger partial charge in [0.25, 0.3) is 0 Å². The summed E-state index contributed by atoms with van der Waals surface area (Å²) in [6.07, 6.45) is 0. The molecule has 0 bridgehead atoms. The van der Waals surface area contributed by atoms with Crippen LogP contribution in [0.1, 0.15) is 18.1 Å². The number of aromatic nitrogens is 2. The summed E-state index contributed by atoms with van der Waals surface area (Å²) in [5.74, 6) is 0. The second-order valence-corrected chi connectivity index (χ2v) is 9.02. The van der Waals surface area contributed by atoms with Crippen molar-refractivity contribution < 1.29 is 8.42 Å². The van der Waals surface area contributed by atoms with Crippen molar-refractivity contribution in [2.45, 2.75) is 31.8 Å². The van der Waals surface area contributed by atoms with E-state index < -0.39 is 21.1 Å². The van der Waals surface area contributed by atoms with Crippen LogP contribution in [0.15, 0.2) is 56.9 Å². The van der Waals surface area contributed by atoms with Gasteiger partial charge in [0.2, 0.25) is 10.0 Å². The molecule has 0 N–H and O–H groups in total. The molecule has 1 heterocycles. The summed E-state index contributed by atoms with van der Waals surface area (Å²) in [5, 5.41) is 0. The minimum absolute atomic E-state index is 0.0729. The standard InChI is InChI=1S/C20H23N3O4S/c1-5-22-17-10-9-16(28(26,27)21(3)4)12-18(17)23(20(25)19(22)24)13-15-8-6-7-14(2)11-15/h6-12H,5,13H2,1-4H3. The van der Waals surface area contributed by atoms with Crippen molar-refractivity contribution in [3.8, 4) is 0 Å². The van der Waals surface area contributed by atoms with E-state index in [9.17, 15) is 18.0 Å². The lowest BCUT2D eigenvalue weighted by atomic mass is 10.1. The monoisotopic (exact) mass is 401 g/mol. The van der Waals surface area contributed by atoms with Gasteiger partial charge in [0.1, 0.15) is 0 Å². The molecular formula is C20H23N3O4S. The molecule has 1 aromatic heterocycles. The second kappa shape index (κ2) is 7.37. The first kappa shape index (κ1) is 20.0. The molecule has 0 saturated carbocycles. The summed E-state index contributed by atoms with van der Waals surface area (Å²) in [4.78, 5) is 25.5. The molecule has 0 aliphatic rings. The Balaban J connectivity index is 2.36. The Hall–Kier alpha value is -2.71. The number of nitrogens with zero attached hydrogens (tertiary/aromatic N) is 3. The molecule has 0 saturated heterocycles. The molecule has 0 amide bonds. The third-order valence-electron chi connectivity index (χ3n) is 4.72. The third kappa shape index (κ3) is 3.41.